The molecule has 2 unspecified atom stereocenters. The Kier molecular flexibility index (Phi) is 5.44. The van der Waals surface area contributed by atoms with Crippen LogP contribution in [0.3, 0.4) is 0 Å². The van der Waals surface area contributed by atoms with E-state index in [0.29, 0.717) is 11.8 Å². The first-order valence-electron chi connectivity index (χ1n) is 8.31. The van der Waals surface area contributed by atoms with Gasteiger partial charge in [0.25, 0.3) is 0 Å². The van der Waals surface area contributed by atoms with Gasteiger partial charge < -0.3 is 9.80 Å². The van der Waals surface area contributed by atoms with Crippen LogP contribution in [0.5, 0.6) is 0 Å². The van der Waals surface area contributed by atoms with Gasteiger partial charge in [-0.15, -0.1) is 0 Å². The number of carbonyl (C=O) groups excluding carboxylic acids is 1. The topological polar surface area (TPSA) is 35.6 Å². The van der Waals surface area contributed by atoms with Crippen molar-refractivity contribution in [2.24, 2.45) is 5.92 Å². The number of carbonyl (C=O) groups is 1. The van der Waals surface area contributed by atoms with E-state index in [9.17, 15) is 4.79 Å². The van der Waals surface area contributed by atoms with Crippen molar-refractivity contribution >= 4 is 5.91 Å². The number of rotatable bonds is 6. The fourth-order valence-electron chi connectivity index (χ4n) is 3.58. The molecule has 1 saturated heterocycles. The van der Waals surface area contributed by atoms with E-state index in [2.05, 4.69) is 42.9 Å². The van der Waals surface area contributed by atoms with Crippen molar-refractivity contribution in [3.8, 4) is 0 Å². The molecule has 1 N–H and O–H groups in total. The summed E-state index contributed by atoms with van der Waals surface area (Å²) in [5.41, 5.74) is 0. The molecule has 0 bridgehead atoms. The SMILES string of the molecule is CCC1NC(C(C)C)C(=O)N1CCN(C)C1CCCC1. The van der Waals surface area contributed by atoms with Crippen molar-refractivity contribution in [1.29, 1.82) is 0 Å². The third-order valence-electron chi connectivity index (χ3n) is 4.99. The van der Waals surface area contributed by atoms with E-state index in [1.807, 2.05) is 0 Å². The first kappa shape index (κ1) is 15.8. The summed E-state index contributed by atoms with van der Waals surface area (Å²) in [6, 6.07) is 0.748. The zero-order chi connectivity index (χ0) is 14.7. The van der Waals surface area contributed by atoms with Crippen LogP contribution in [0.4, 0.5) is 0 Å². The Morgan fingerprint density at radius 2 is 2.00 bits per heavy atom. The molecular weight excluding hydrogens is 250 g/mol. The minimum absolute atomic E-state index is 0.0109. The molecule has 4 heteroatoms. The first-order chi connectivity index (χ1) is 9.54. The molecule has 1 heterocycles. The lowest BCUT2D eigenvalue weighted by molar-refractivity contribution is -0.131. The molecule has 2 rings (SSSR count). The lowest BCUT2D eigenvalue weighted by Crippen LogP contribution is -2.43. The summed E-state index contributed by atoms with van der Waals surface area (Å²) >= 11 is 0. The van der Waals surface area contributed by atoms with E-state index in [-0.39, 0.29) is 12.2 Å². The summed E-state index contributed by atoms with van der Waals surface area (Å²) in [6.45, 7) is 8.26. The summed E-state index contributed by atoms with van der Waals surface area (Å²) < 4.78 is 0. The standard InChI is InChI=1S/C16H31N3O/c1-5-14-17-15(12(2)3)16(20)19(14)11-10-18(4)13-8-6-7-9-13/h12-15,17H,5-11H2,1-4H3. The molecule has 2 atom stereocenters. The normalized spacial score (nSPS) is 28.3. The third kappa shape index (κ3) is 3.34. The van der Waals surface area contributed by atoms with E-state index in [4.69, 9.17) is 0 Å². The summed E-state index contributed by atoms with van der Waals surface area (Å²) in [5.74, 6) is 0.667. The van der Waals surface area contributed by atoms with Gasteiger partial charge >= 0.3 is 0 Å². The second kappa shape index (κ2) is 6.90. The Morgan fingerprint density at radius 3 is 2.55 bits per heavy atom. The van der Waals surface area contributed by atoms with Crippen LogP contribution in [-0.4, -0.2) is 54.1 Å². The van der Waals surface area contributed by atoms with Crippen LogP contribution in [0, 0.1) is 5.92 Å². The molecule has 0 spiro atoms. The lowest BCUT2D eigenvalue weighted by atomic mass is 10.1. The van der Waals surface area contributed by atoms with Gasteiger partial charge in [-0.25, -0.2) is 0 Å². The zero-order valence-electron chi connectivity index (χ0n) is 13.6. The molecule has 4 nitrogen and oxygen atoms in total. The molecule has 0 aromatic carbocycles. The maximum absolute atomic E-state index is 12.5. The second-order valence-electron chi connectivity index (χ2n) is 6.76. The number of amides is 1. The molecular formula is C16H31N3O. The van der Waals surface area contributed by atoms with Crippen LogP contribution in [-0.2, 0) is 4.79 Å². The van der Waals surface area contributed by atoms with Crippen LogP contribution in [0.2, 0.25) is 0 Å². The molecule has 2 aliphatic rings. The predicted octanol–water partition coefficient (Wildman–Crippen LogP) is 2.05. The molecule has 0 aromatic rings. The molecule has 2 fully saturated rings. The Balaban J connectivity index is 1.88. The molecule has 1 saturated carbocycles. The maximum atomic E-state index is 12.5. The lowest BCUT2D eigenvalue weighted by Gasteiger charge is -2.29. The van der Waals surface area contributed by atoms with Crippen molar-refractivity contribution in [2.75, 3.05) is 20.1 Å². The van der Waals surface area contributed by atoms with E-state index in [0.717, 1.165) is 25.6 Å². The quantitative estimate of drug-likeness (QED) is 0.809. The van der Waals surface area contributed by atoms with Gasteiger partial charge in [0.2, 0.25) is 5.91 Å². The number of nitrogens with one attached hydrogen (secondary N) is 1. The Labute approximate surface area is 123 Å². The first-order valence-corrected chi connectivity index (χ1v) is 8.31. The highest BCUT2D eigenvalue weighted by atomic mass is 16.2. The number of hydrogen-bond acceptors (Lipinski definition) is 3. The number of nitrogens with zero attached hydrogens (tertiary/aromatic N) is 2. The smallest absolute Gasteiger partial charge is 0.241 e. The van der Waals surface area contributed by atoms with Crippen molar-refractivity contribution in [2.45, 2.75) is 71.1 Å². The zero-order valence-corrected chi connectivity index (χ0v) is 13.6. The fourth-order valence-corrected chi connectivity index (χ4v) is 3.58. The molecule has 1 aliphatic heterocycles. The van der Waals surface area contributed by atoms with Crippen LogP contribution in [0.1, 0.15) is 52.9 Å². The minimum Gasteiger partial charge on any atom is -0.325 e. The monoisotopic (exact) mass is 281 g/mol. The van der Waals surface area contributed by atoms with Gasteiger partial charge in [0.15, 0.2) is 0 Å². The van der Waals surface area contributed by atoms with Crippen LogP contribution in [0.25, 0.3) is 0 Å². The molecule has 0 aromatic heterocycles. The van der Waals surface area contributed by atoms with E-state index in [1.54, 1.807) is 0 Å². The number of hydrogen-bond donors (Lipinski definition) is 1. The molecule has 116 valence electrons. The largest absolute Gasteiger partial charge is 0.325 e. The number of likely N-dealkylation sites (N-methyl/N-ethyl adjacent to an activating group) is 1. The van der Waals surface area contributed by atoms with Crippen molar-refractivity contribution in [3.63, 3.8) is 0 Å². The predicted molar refractivity (Wildman–Crippen MR) is 82.4 cm³/mol. The Bertz CT molecular complexity index is 326. The van der Waals surface area contributed by atoms with Crippen molar-refractivity contribution in [3.05, 3.63) is 0 Å². The molecule has 0 radical (unpaired) electrons. The van der Waals surface area contributed by atoms with Gasteiger partial charge in [0, 0.05) is 19.1 Å². The van der Waals surface area contributed by atoms with Gasteiger partial charge in [0.05, 0.1) is 12.2 Å². The van der Waals surface area contributed by atoms with E-state index < -0.39 is 0 Å². The van der Waals surface area contributed by atoms with Crippen molar-refractivity contribution in [1.82, 2.24) is 15.1 Å². The average molecular weight is 281 g/mol. The second-order valence-corrected chi connectivity index (χ2v) is 6.76. The average Bonchev–Trinajstić information content (AvgIpc) is 3.04. The van der Waals surface area contributed by atoms with Crippen LogP contribution < -0.4 is 5.32 Å². The van der Waals surface area contributed by atoms with E-state index in [1.165, 1.54) is 25.7 Å². The van der Waals surface area contributed by atoms with Gasteiger partial charge in [0.1, 0.15) is 0 Å². The summed E-state index contributed by atoms with van der Waals surface area (Å²) in [6.07, 6.45) is 6.61. The highest BCUT2D eigenvalue weighted by Crippen LogP contribution is 2.23. The van der Waals surface area contributed by atoms with Crippen molar-refractivity contribution < 1.29 is 4.79 Å². The van der Waals surface area contributed by atoms with Crippen LogP contribution >= 0.6 is 0 Å². The van der Waals surface area contributed by atoms with Crippen LogP contribution in [0.15, 0.2) is 0 Å². The summed E-state index contributed by atoms with van der Waals surface area (Å²) in [7, 11) is 2.21. The highest BCUT2D eigenvalue weighted by Gasteiger charge is 2.39. The molecule has 1 amide bonds. The Morgan fingerprint density at radius 1 is 1.35 bits per heavy atom. The maximum Gasteiger partial charge on any atom is 0.241 e. The summed E-state index contributed by atoms with van der Waals surface area (Å²) in [4.78, 5) is 17.0. The van der Waals surface area contributed by atoms with Gasteiger partial charge in [-0.1, -0.05) is 33.6 Å². The van der Waals surface area contributed by atoms with Gasteiger partial charge in [-0.05, 0) is 32.2 Å². The Hall–Kier alpha value is -0.610. The highest BCUT2D eigenvalue weighted by molar-refractivity contribution is 5.84. The fraction of sp³-hybridized carbons (Fsp3) is 0.938. The van der Waals surface area contributed by atoms with Gasteiger partial charge in [-0.2, -0.15) is 0 Å². The molecule has 20 heavy (non-hydrogen) atoms. The minimum atomic E-state index is 0.0109. The molecule has 1 aliphatic carbocycles. The van der Waals surface area contributed by atoms with E-state index >= 15 is 0 Å². The third-order valence-corrected chi connectivity index (χ3v) is 4.99. The summed E-state index contributed by atoms with van der Waals surface area (Å²) in [5, 5.41) is 3.49. The van der Waals surface area contributed by atoms with Gasteiger partial charge in [-0.3, -0.25) is 10.1 Å².